The molecule has 2 heterocycles. The van der Waals surface area contributed by atoms with Crippen LogP contribution in [0.1, 0.15) is 9.67 Å². The molecule has 0 saturated heterocycles. The van der Waals surface area contributed by atoms with Crippen LogP contribution in [0.3, 0.4) is 0 Å². The molecule has 0 atom stereocenters. The number of hydrogen-bond donors (Lipinski definition) is 2. The van der Waals surface area contributed by atoms with Crippen LogP contribution in [-0.2, 0) is 6.54 Å². The van der Waals surface area contributed by atoms with Crippen LogP contribution < -0.4 is 11.1 Å². The Morgan fingerprint density at radius 2 is 2.30 bits per heavy atom. The number of rotatable bonds is 4. The molecule has 0 radical (unpaired) electrons. The number of nitrogens with zero attached hydrogens (tertiary/aromatic N) is 3. The highest BCUT2D eigenvalue weighted by molar-refractivity contribution is 7.20. The summed E-state index contributed by atoms with van der Waals surface area (Å²) in [6.07, 6.45) is 3.37. The zero-order chi connectivity index (χ0) is 13.9. The first-order valence-electron chi connectivity index (χ1n) is 6.14. The Morgan fingerprint density at radius 3 is 3.10 bits per heavy atom. The van der Waals surface area contributed by atoms with Crippen molar-refractivity contribution in [2.75, 3.05) is 12.3 Å². The highest BCUT2D eigenvalue weighted by Crippen LogP contribution is 2.27. The number of nitrogens with two attached hydrogens (primary N) is 1. The third kappa shape index (κ3) is 2.62. The van der Waals surface area contributed by atoms with Gasteiger partial charge in [-0.05, 0) is 29.7 Å². The molecular formula is C13H13N5OS. The van der Waals surface area contributed by atoms with E-state index in [1.165, 1.54) is 11.3 Å². The van der Waals surface area contributed by atoms with Crippen molar-refractivity contribution in [2.24, 2.45) is 0 Å². The van der Waals surface area contributed by atoms with Crippen molar-refractivity contribution in [3.8, 4) is 0 Å². The van der Waals surface area contributed by atoms with Gasteiger partial charge >= 0.3 is 0 Å². The summed E-state index contributed by atoms with van der Waals surface area (Å²) >= 11 is 1.46. The first-order valence-corrected chi connectivity index (χ1v) is 6.95. The fourth-order valence-electron chi connectivity index (χ4n) is 1.90. The Hall–Kier alpha value is -2.41. The van der Waals surface area contributed by atoms with Gasteiger partial charge in [-0.15, -0.1) is 16.4 Å². The van der Waals surface area contributed by atoms with E-state index in [1.807, 2.05) is 24.3 Å². The van der Waals surface area contributed by atoms with E-state index in [-0.39, 0.29) is 5.91 Å². The standard InChI is InChI=1S/C13H13N5OS/c14-10-1-2-11-9(7-10)8-12(20-11)13(19)15-3-5-18-6-4-16-17-18/h1-2,4,6-8H,3,5,14H2,(H,15,19). The number of nitrogens with one attached hydrogen (secondary N) is 1. The van der Waals surface area contributed by atoms with Crippen molar-refractivity contribution in [1.29, 1.82) is 0 Å². The largest absolute Gasteiger partial charge is 0.399 e. The van der Waals surface area contributed by atoms with E-state index in [2.05, 4.69) is 15.6 Å². The summed E-state index contributed by atoms with van der Waals surface area (Å²) < 4.78 is 2.73. The van der Waals surface area contributed by atoms with Gasteiger partial charge in [-0.2, -0.15) is 0 Å². The fraction of sp³-hybridized carbons (Fsp3) is 0.154. The molecule has 0 aliphatic carbocycles. The second-order valence-corrected chi connectivity index (χ2v) is 5.41. The van der Waals surface area contributed by atoms with E-state index in [4.69, 9.17) is 5.73 Å². The number of amides is 1. The van der Waals surface area contributed by atoms with E-state index in [1.54, 1.807) is 17.1 Å². The predicted molar refractivity (Wildman–Crippen MR) is 78.6 cm³/mol. The smallest absolute Gasteiger partial charge is 0.261 e. The lowest BCUT2D eigenvalue weighted by Gasteiger charge is -2.02. The third-order valence-electron chi connectivity index (χ3n) is 2.86. The van der Waals surface area contributed by atoms with Crippen LogP contribution in [-0.4, -0.2) is 27.4 Å². The van der Waals surface area contributed by atoms with E-state index < -0.39 is 0 Å². The quantitative estimate of drug-likeness (QED) is 0.712. The van der Waals surface area contributed by atoms with E-state index in [0.717, 1.165) is 10.1 Å². The van der Waals surface area contributed by atoms with Crippen molar-refractivity contribution < 1.29 is 4.79 Å². The Kier molecular flexibility index (Phi) is 3.34. The number of thiophene rings is 1. The molecule has 2 aromatic heterocycles. The van der Waals surface area contributed by atoms with Gasteiger partial charge in [-0.3, -0.25) is 9.48 Å². The van der Waals surface area contributed by atoms with Crippen LogP contribution in [0.2, 0.25) is 0 Å². The fourth-order valence-corrected chi connectivity index (χ4v) is 2.86. The van der Waals surface area contributed by atoms with Gasteiger partial charge in [0.25, 0.3) is 5.91 Å². The summed E-state index contributed by atoms with van der Waals surface area (Å²) in [5.41, 5.74) is 6.43. The number of anilines is 1. The lowest BCUT2D eigenvalue weighted by molar-refractivity contribution is 0.0956. The molecule has 0 saturated carbocycles. The highest BCUT2D eigenvalue weighted by Gasteiger charge is 2.09. The normalized spacial score (nSPS) is 10.8. The Labute approximate surface area is 119 Å². The molecule has 6 nitrogen and oxygen atoms in total. The molecule has 0 unspecified atom stereocenters. The molecule has 0 aliphatic heterocycles. The zero-order valence-corrected chi connectivity index (χ0v) is 11.4. The van der Waals surface area contributed by atoms with Crippen molar-refractivity contribution in [3.63, 3.8) is 0 Å². The van der Waals surface area contributed by atoms with Gasteiger partial charge in [-0.25, -0.2) is 0 Å². The number of aromatic nitrogens is 3. The molecule has 1 amide bonds. The molecule has 3 N–H and O–H groups in total. The topological polar surface area (TPSA) is 85.8 Å². The number of carbonyl (C=O) groups is 1. The van der Waals surface area contributed by atoms with E-state index in [0.29, 0.717) is 23.7 Å². The molecule has 20 heavy (non-hydrogen) atoms. The van der Waals surface area contributed by atoms with Crippen LogP contribution in [0.15, 0.2) is 36.7 Å². The third-order valence-corrected chi connectivity index (χ3v) is 3.98. The van der Waals surface area contributed by atoms with Crippen molar-refractivity contribution in [1.82, 2.24) is 20.3 Å². The van der Waals surface area contributed by atoms with Crippen molar-refractivity contribution >= 4 is 33.0 Å². The van der Waals surface area contributed by atoms with Gasteiger partial charge in [0.15, 0.2) is 0 Å². The van der Waals surface area contributed by atoms with Gasteiger partial charge in [0.2, 0.25) is 0 Å². The number of fused-ring (bicyclic) bond motifs is 1. The molecule has 0 fully saturated rings. The molecule has 0 spiro atoms. The molecule has 0 bridgehead atoms. The number of hydrogen-bond acceptors (Lipinski definition) is 5. The number of carbonyl (C=O) groups excluding carboxylic acids is 1. The molecule has 1 aromatic carbocycles. The van der Waals surface area contributed by atoms with Gasteiger partial charge in [0, 0.05) is 23.1 Å². The summed E-state index contributed by atoms with van der Waals surface area (Å²) in [5.74, 6) is -0.0788. The van der Waals surface area contributed by atoms with E-state index in [9.17, 15) is 4.79 Å². The Balaban J connectivity index is 1.66. The summed E-state index contributed by atoms with van der Waals surface area (Å²) in [7, 11) is 0. The SMILES string of the molecule is Nc1ccc2sc(C(=O)NCCn3ccnn3)cc2c1. The summed E-state index contributed by atoms with van der Waals surface area (Å²) in [6, 6.07) is 7.51. The first-order chi connectivity index (χ1) is 9.72. The Morgan fingerprint density at radius 1 is 1.40 bits per heavy atom. The maximum absolute atomic E-state index is 12.1. The highest BCUT2D eigenvalue weighted by atomic mass is 32.1. The van der Waals surface area contributed by atoms with Gasteiger partial charge in [-0.1, -0.05) is 5.21 Å². The minimum Gasteiger partial charge on any atom is -0.399 e. The van der Waals surface area contributed by atoms with Crippen LogP contribution >= 0.6 is 11.3 Å². The minimum atomic E-state index is -0.0788. The summed E-state index contributed by atoms with van der Waals surface area (Å²) in [5, 5.41) is 11.4. The predicted octanol–water partition coefficient (Wildman–Crippen LogP) is 1.50. The second-order valence-electron chi connectivity index (χ2n) is 4.33. The number of nitrogen functional groups attached to an aromatic ring is 1. The minimum absolute atomic E-state index is 0.0788. The van der Waals surface area contributed by atoms with Crippen LogP contribution in [0.25, 0.3) is 10.1 Å². The zero-order valence-electron chi connectivity index (χ0n) is 10.6. The molecular weight excluding hydrogens is 274 g/mol. The second kappa shape index (κ2) is 5.30. The average Bonchev–Trinajstić information content (AvgIpc) is 3.06. The van der Waals surface area contributed by atoms with Crippen LogP contribution in [0.4, 0.5) is 5.69 Å². The van der Waals surface area contributed by atoms with Gasteiger partial charge in [0.05, 0.1) is 17.6 Å². The molecule has 3 aromatic rings. The van der Waals surface area contributed by atoms with Crippen molar-refractivity contribution in [2.45, 2.75) is 6.54 Å². The summed E-state index contributed by atoms with van der Waals surface area (Å²) in [4.78, 5) is 12.7. The summed E-state index contributed by atoms with van der Waals surface area (Å²) in [6.45, 7) is 1.11. The molecule has 7 heteroatoms. The maximum Gasteiger partial charge on any atom is 0.261 e. The van der Waals surface area contributed by atoms with E-state index >= 15 is 0 Å². The lowest BCUT2D eigenvalue weighted by atomic mass is 10.2. The maximum atomic E-state index is 12.1. The molecule has 3 rings (SSSR count). The van der Waals surface area contributed by atoms with Gasteiger partial charge < -0.3 is 11.1 Å². The average molecular weight is 287 g/mol. The van der Waals surface area contributed by atoms with Gasteiger partial charge in [0.1, 0.15) is 0 Å². The van der Waals surface area contributed by atoms with Crippen LogP contribution in [0, 0.1) is 0 Å². The molecule has 102 valence electrons. The number of benzene rings is 1. The molecule has 0 aliphatic rings. The van der Waals surface area contributed by atoms with Crippen molar-refractivity contribution in [3.05, 3.63) is 41.5 Å². The Bertz CT molecular complexity index is 734. The monoisotopic (exact) mass is 287 g/mol. The first kappa shape index (κ1) is 12.6. The van der Waals surface area contributed by atoms with Crippen LogP contribution in [0.5, 0.6) is 0 Å². The lowest BCUT2D eigenvalue weighted by Crippen LogP contribution is -2.26.